The summed E-state index contributed by atoms with van der Waals surface area (Å²) in [6.07, 6.45) is 0. The van der Waals surface area contributed by atoms with Crippen molar-refractivity contribution in [2.75, 3.05) is 12.4 Å². The van der Waals surface area contributed by atoms with E-state index in [2.05, 4.69) is 0 Å². The van der Waals surface area contributed by atoms with Gasteiger partial charge in [-0.3, -0.25) is 0 Å². The van der Waals surface area contributed by atoms with E-state index in [1.165, 1.54) is 18.2 Å². The molecule has 1 nitrogen and oxygen atoms in total. The molecule has 1 rings (SSSR count). The zero-order valence-corrected chi connectivity index (χ0v) is 9.29. The highest BCUT2D eigenvalue weighted by atomic mass is 32.2. The first-order valence-corrected chi connectivity index (χ1v) is 5.47. The summed E-state index contributed by atoms with van der Waals surface area (Å²) in [5.41, 5.74) is -3.83. The van der Waals surface area contributed by atoms with E-state index in [0.717, 1.165) is 0 Å². The molecule has 0 fully saturated rings. The van der Waals surface area contributed by atoms with Crippen LogP contribution in [-0.2, 0) is 0 Å². The fourth-order valence-electron chi connectivity index (χ4n) is 1.02. The summed E-state index contributed by atoms with van der Waals surface area (Å²) in [4.78, 5) is 0. The van der Waals surface area contributed by atoms with E-state index in [1.54, 1.807) is 6.92 Å². The van der Waals surface area contributed by atoms with Crippen LogP contribution in [0.5, 0.6) is 5.75 Å². The molecule has 6 heteroatoms. The van der Waals surface area contributed by atoms with E-state index in [0.29, 0.717) is 11.3 Å². The minimum absolute atomic E-state index is 0.0603. The number of hydrogen-bond acceptors (Lipinski definition) is 2. The minimum Gasteiger partial charge on any atom is -0.493 e. The molecule has 0 heterocycles. The molecular weight excluding hydrogens is 244 g/mol. The molecule has 0 saturated carbocycles. The third-order valence-corrected chi connectivity index (χ3v) is 2.45. The summed E-state index contributed by atoms with van der Waals surface area (Å²) in [6, 6.07) is 4.07. The first kappa shape index (κ1) is 13.2. The number of halogens is 4. The number of thioether (sulfide) groups is 1. The van der Waals surface area contributed by atoms with Crippen molar-refractivity contribution in [1.29, 1.82) is 0 Å². The molecule has 16 heavy (non-hydrogen) atoms. The normalized spacial score (nSPS) is 11.6. The second-order valence-corrected chi connectivity index (χ2v) is 4.21. The molecule has 1 aromatic carbocycles. The Morgan fingerprint density at radius 1 is 1.31 bits per heavy atom. The average molecular weight is 254 g/mol. The van der Waals surface area contributed by atoms with Gasteiger partial charge >= 0.3 is 5.51 Å². The van der Waals surface area contributed by atoms with Crippen LogP contribution in [0.4, 0.5) is 17.6 Å². The maximum absolute atomic E-state index is 12.8. The molecule has 0 atom stereocenters. The molecule has 0 radical (unpaired) electrons. The second-order valence-electron chi connectivity index (χ2n) is 3.05. The predicted octanol–water partition coefficient (Wildman–Crippen LogP) is 3.77. The Balaban J connectivity index is 2.35. The molecule has 0 saturated heterocycles. The Morgan fingerprint density at radius 2 is 2.00 bits per heavy atom. The van der Waals surface area contributed by atoms with E-state index in [4.69, 9.17) is 4.74 Å². The fourth-order valence-corrected chi connectivity index (χ4v) is 1.42. The van der Waals surface area contributed by atoms with Gasteiger partial charge in [0.25, 0.3) is 0 Å². The van der Waals surface area contributed by atoms with Gasteiger partial charge in [0.2, 0.25) is 0 Å². The van der Waals surface area contributed by atoms with Gasteiger partial charge in [0.15, 0.2) is 0 Å². The summed E-state index contributed by atoms with van der Waals surface area (Å²) < 4.78 is 53.2. The van der Waals surface area contributed by atoms with Gasteiger partial charge in [0.1, 0.15) is 11.6 Å². The smallest absolute Gasteiger partial charge is 0.441 e. The Hall–Kier alpha value is -0.910. The summed E-state index contributed by atoms with van der Waals surface area (Å²) in [5, 5.41) is 0. The molecule has 0 unspecified atom stereocenters. The lowest BCUT2D eigenvalue weighted by Crippen LogP contribution is -2.07. The van der Waals surface area contributed by atoms with Gasteiger partial charge in [-0.2, -0.15) is 13.2 Å². The highest BCUT2D eigenvalue weighted by molar-refractivity contribution is 8.00. The number of alkyl halides is 3. The van der Waals surface area contributed by atoms with E-state index < -0.39 is 5.51 Å². The Bertz CT molecular complexity index is 351. The molecule has 90 valence electrons. The molecule has 0 spiro atoms. The summed E-state index contributed by atoms with van der Waals surface area (Å²) in [7, 11) is 0. The predicted molar refractivity (Wildman–Crippen MR) is 55.1 cm³/mol. The third kappa shape index (κ3) is 4.74. The standard InChI is InChI=1S/C10H10F4OS/c1-7-6-8(2-3-9(7)11)15-4-5-16-10(12,13)14/h2-3,6H,4-5H2,1H3. The average Bonchev–Trinajstić information content (AvgIpc) is 2.17. The topological polar surface area (TPSA) is 9.23 Å². The van der Waals surface area contributed by atoms with Gasteiger partial charge < -0.3 is 4.74 Å². The lowest BCUT2D eigenvalue weighted by Gasteiger charge is -2.08. The van der Waals surface area contributed by atoms with Gasteiger partial charge in [-0.1, -0.05) is 0 Å². The van der Waals surface area contributed by atoms with E-state index in [9.17, 15) is 17.6 Å². The summed E-state index contributed by atoms with van der Waals surface area (Å²) >= 11 is -0.139. The number of rotatable bonds is 4. The van der Waals surface area contributed by atoms with Gasteiger partial charge in [-0.15, -0.1) is 0 Å². The van der Waals surface area contributed by atoms with Crippen molar-refractivity contribution in [1.82, 2.24) is 0 Å². The quantitative estimate of drug-likeness (QED) is 0.597. The number of hydrogen-bond donors (Lipinski definition) is 0. The zero-order chi connectivity index (χ0) is 12.2. The van der Waals surface area contributed by atoms with Crippen molar-refractivity contribution >= 4 is 11.8 Å². The maximum atomic E-state index is 12.8. The van der Waals surface area contributed by atoms with Crippen molar-refractivity contribution in [2.24, 2.45) is 0 Å². The number of aryl methyl sites for hydroxylation is 1. The van der Waals surface area contributed by atoms with Gasteiger partial charge in [-0.05, 0) is 42.4 Å². The molecule has 0 amide bonds. The highest BCUT2D eigenvalue weighted by Gasteiger charge is 2.27. The van der Waals surface area contributed by atoms with Crippen LogP contribution in [0.1, 0.15) is 5.56 Å². The van der Waals surface area contributed by atoms with Crippen LogP contribution < -0.4 is 4.74 Å². The van der Waals surface area contributed by atoms with Crippen molar-refractivity contribution < 1.29 is 22.3 Å². The molecule has 0 aliphatic heterocycles. The van der Waals surface area contributed by atoms with Crippen LogP contribution in [0.15, 0.2) is 18.2 Å². The molecule has 0 aliphatic carbocycles. The highest BCUT2D eigenvalue weighted by Crippen LogP contribution is 2.29. The lowest BCUT2D eigenvalue weighted by molar-refractivity contribution is -0.0329. The van der Waals surface area contributed by atoms with Crippen LogP contribution in [0.3, 0.4) is 0 Å². The Labute approximate surface area is 94.8 Å². The van der Waals surface area contributed by atoms with Crippen LogP contribution in [-0.4, -0.2) is 17.9 Å². The van der Waals surface area contributed by atoms with Crippen LogP contribution in [0.2, 0.25) is 0 Å². The first-order valence-electron chi connectivity index (χ1n) is 4.48. The minimum atomic E-state index is -4.23. The Kier molecular flexibility index (Phi) is 4.46. The third-order valence-electron chi connectivity index (χ3n) is 1.75. The monoisotopic (exact) mass is 254 g/mol. The van der Waals surface area contributed by atoms with Crippen LogP contribution in [0.25, 0.3) is 0 Å². The number of ether oxygens (including phenoxy) is 1. The van der Waals surface area contributed by atoms with Crippen molar-refractivity contribution in [3.63, 3.8) is 0 Å². The first-order chi connectivity index (χ1) is 7.38. The second kappa shape index (κ2) is 5.43. The molecule has 0 aliphatic rings. The van der Waals surface area contributed by atoms with Crippen molar-refractivity contribution in [3.8, 4) is 5.75 Å². The Morgan fingerprint density at radius 3 is 2.56 bits per heavy atom. The molecule has 0 aromatic heterocycles. The molecule has 1 aromatic rings. The van der Waals surface area contributed by atoms with Gasteiger partial charge in [0, 0.05) is 5.75 Å². The van der Waals surface area contributed by atoms with Crippen LogP contribution >= 0.6 is 11.8 Å². The SMILES string of the molecule is Cc1cc(OCCSC(F)(F)F)ccc1F. The summed E-state index contributed by atoms with van der Waals surface area (Å²) in [6.45, 7) is 1.50. The van der Waals surface area contributed by atoms with Crippen LogP contribution in [0, 0.1) is 12.7 Å². The number of benzene rings is 1. The van der Waals surface area contributed by atoms with Gasteiger partial charge in [-0.25, -0.2) is 4.39 Å². The molecule has 0 N–H and O–H groups in total. The zero-order valence-electron chi connectivity index (χ0n) is 8.47. The fraction of sp³-hybridized carbons (Fsp3) is 0.400. The van der Waals surface area contributed by atoms with Gasteiger partial charge in [0.05, 0.1) is 6.61 Å². The molecule has 0 bridgehead atoms. The maximum Gasteiger partial charge on any atom is 0.441 e. The molecular formula is C10H10F4OS. The van der Waals surface area contributed by atoms with E-state index in [-0.39, 0.29) is 29.9 Å². The lowest BCUT2D eigenvalue weighted by atomic mass is 10.2. The summed E-state index contributed by atoms with van der Waals surface area (Å²) in [5.74, 6) is -0.168. The van der Waals surface area contributed by atoms with Crippen molar-refractivity contribution in [3.05, 3.63) is 29.6 Å². The van der Waals surface area contributed by atoms with Crippen molar-refractivity contribution in [2.45, 2.75) is 12.4 Å². The van der Waals surface area contributed by atoms with E-state index >= 15 is 0 Å². The van der Waals surface area contributed by atoms with E-state index in [1.807, 2.05) is 0 Å². The largest absolute Gasteiger partial charge is 0.493 e.